The Hall–Kier alpha value is -1.07. The van der Waals surface area contributed by atoms with Crippen molar-refractivity contribution >= 4 is 6.03 Å². The molecule has 0 aromatic carbocycles. The first kappa shape index (κ1) is 10.9. The highest BCUT2D eigenvalue weighted by Gasteiger charge is 2.10. The Morgan fingerprint density at radius 3 is 2.75 bits per heavy atom. The number of amides is 2. The van der Waals surface area contributed by atoms with Gasteiger partial charge in [-0.1, -0.05) is 6.08 Å². The number of rotatable bonds is 1. The molecule has 1 rings (SSSR count). The number of allylic oxidation sites excluding steroid dienone is 1. The van der Waals surface area contributed by atoms with E-state index in [2.05, 4.69) is 17.4 Å². The Balaban J connectivity index is 0.000000354. The Bertz CT molecular complexity index is 142. The summed E-state index contributed by atoms with van der Waals surface area (Å²) in [6.07, 6.45) is 2.79. The van der Waals surface area contributed by atoms with Crippen LogP contribution < -0.4 is 16.6 Å². The topological polar surface area (TPSA) is 70.4 Å². The van der Waals surface area contributed by atoms with Crippen LogP contribution in [0.4, 0.5) is 4.79 Å². The van der Waals surface area contributed by atoms with Crippen LogP contribution in [0.1, 0.15) is 13.3 Å². The van der Waals surface area contributed by atoms with Crippen LogP contribution in [0.2, 0.25) is 0 Å². The lowest BCUT2D eigenvalue weighted by atomic mass is 10.5. The van der Waals surface area contributed by atoms with Crippen LogP contribution in [-0.4, -0.2) is 24.2 Å². The van der Waals surface area contributed by atoms with E-state index in [0.717, 1.165) is 19.5 Å². The van der Waals surface area contributed by atoms with Gasteiger partial charge in [-0.05, 0) is 13.3 Å². The first-order valence-electron chi connectivity index (χ1n) is 3.85. The normalized spacial score (nSPS) is 16.1. The molecule has 0 aliphatic carbocycles. The Labute approximate surface area is 72.5 Å². The number of nitrogens with one attached hydrogen (secondary N) is 2. The van der Waals surface area contributed by atoms with Gasteiger partial charge in [0.1, 0.15) is 0 Å². The molecule has 0 aromatic rings. The number of primary amides is 1. The van der Waals surface area contributed by atoms with E-state index < -0.39 is 6.03 Å². The minimum Gasteiger partial charge on any atom is -0.351 e. The second-order valence-corrected chi connectivity index (χ2v) is 2.30. The summed E-state index contributed by atoms with van der Waals surface area (Å²) in [4.78, 5) is 10.2. The molecule has 70 valence electrons. The molecule has 5 heteroatoms. The van der Waals surface area contributed by atoms with Crippen molar-refractivity contribution in [2.75, 3.05) is 13.1 Å². The molecule has 0 unspecified atom stereocenters. The molecule has 1 fully saturated rings. The van der Waals surface area contributed by atoms with Gasteiger partial charge in [0.2, 0.25) is 0 Å². The number of nitrogens with zero attached hydrogens (tertiary/aromatic N) is 1. The molecular weight excluding hydrogens is 156 g/mol. The number of carbonyl (C=O) groups is 1. The molecule has 5 nitrogen and oxygen atoms in total. The lowest BCUT2D eigenvalue weighted by Gasteiger charge is -2.13. The van der Waals surface area contributed by atoms with E-state index in [1.165, 1.54) is 0 Å². The number of carbonyl (C=O) groups excluding carboxylic acids is 1. The highest BCUT2D eigenvalue weighted by molar-refractivity contribution is 5.70. The molecule has 12 heavy (non-hydrogen) atoms. The van der Waals surface area contributed by atoms with Crippen LogP contribution in [0.25, 0.3) is 0 Å². The van der Waals surface area contributed by atoms with E-state index in [4.69, 9.17) is 5.73 Å². The van der Waals surface area contributed by atoms with Gasteiger partial charge in [-0.25, -0.2) is 10.2 Å². The fourth-order valence-corrected chi connectivity index (χ4v) is 0.759. The van der Waals surface area contributed by atoms with Gasteiger partial charge in [0.25, 0.3) is 0 Å². The molecule has 4 N–H and O–H groups in total. The standard InChI is InChI=1S/C4H10N4O.C3H6/c5-4(9)7-8-3-1-2-6-8;1-3-2/h6H,1-3H2,(H3,5,7,9);3H,1H2,2H3. The van der Waals surface area contributed by atoms with Crippen molar-refractivity contribution in [1.29, 1.82) is 0 Å². The van der Waals surface area contributed by atoms with Crippen molar-refractivity contribution in [3.63, 3.8) is 0 Å². The minimum absolute atomic E-state index is 0.524. The molecular formula is C7H16N4O. The second kappa shape index (κ2) is 6.63. The maximum absolute atomic E-state index is 10.2. The minimum atomic E-state index is -0.524. The van der Waals surface area contributed by atoms with Gasteiger partial charge < -0.3 is 5.73 Å². The predicted molar refractivity (Wildman–Crippen MR) is 47.9 cm³/mol. The molecule has 0 spiro atoms. The molecule has 0 radical (unpaired) electrons. The van der Waals surface area contributed by atoms with E-state index in [1.807, 2.05) is 6.92 Å². The van der Waals surface area contributed by atoms with Crippen LogP contribution in [0, 0.1) is 0 Å². The molecule has 0 bridgehead atoms. The summed E-state index contributed by atoms with van der Waals surface area (Å²) in [7, 11) is 0. The average molecular weight is 172 g/mol. The van der Waals surface area contributed by atoms with Gasteiger partial charge in [0.15, 0.2) is 0 Å². The van der Waals surface area contributed by atoms with Crippen molar-refractivity contribution in [3.05, 3.63) is 12.7 Å². The Morgan fingerprint density at radius 2 is 2.42 bits per heavy atom. The number of nitrogens with two attached hydrogens (primary N) is 1. The lowest BCUT2D eigenvalue weighted by molar-refractivity contribution is 0.168. The van der Waals surface area contributed by atoms with Crippen LogP contribution >= 0.6 is 0 Å². The van der Waals surface area contributed by atoms with Crippen molar-refractivity contribution in [1.82, 2.24) is 16.0 Å². The zero-order valence-electron chi connectivity index (χ0n) is 7.34. The maximum Gasteiger partial charge on any atom is 0.327 e. The number of hydrogen-bond acceptors (Lipinski definition) is 3. The van der Waals surface area contributed by atoms with Crippen LogP contribution in [0.15, 0.2) is 12.7 Å². The fraction of sp³-hybridized carbons (Fsp3) is 0.571. The van der Waals surface area contributed by atoms with E-state index in [-0.39, 0.29) is 0 Å². The highest BCUT2D eigenvalue weighted by atomic mass is 16.2. The molecule has 1 heterocycles. The quantitative estimate of drug-likeness (QED) is 0.486. The summed E-state index contributed by atoms with van der Waals surface area (Å²) in [5, 5.41) is 1.59. The Morgan fingerprint density at radius 1 is 1.83 bits per heavy atom. The van der Waals surface area contributed by atoms with Crippen molar-refractivity contribution in [2.45, 2.75) is 13.3 Å². The van der Waals surface area contributed by atoms with Crippen molar-refractivity contribution in [3.8, 4) is 0 Å². The molecule has 2 amide bonds. The van der Waals surface area contributed by atoms with E-state index in [9.17, 15) is 4.79 Å². The van der Waals surface area contributed by atoms with Gasteiger partial charge in [-0.2, -0.15) is 5.12 Å². The van der Waals surface area contributed by atoms with Gasteiger partial charge in [-0.15, -0.1) is 6.58 Å². The first-order chi connectivity index (χ1) is 5.70. The summed E-state index contributed by atoms with van der Waals surface area (Å²) < 4.78 is 0. The van der Waals surface area contributed by atoms with Crippen LogP contribution in [0.5, 0.6) is 0 Å². The molecule has 0 atom stereocenters. The van der Waals surface area contributed by atoms with Gasteiger partial charge in [0.05, 0.1) is 0 Å². The largest absolute Gasteiger partial charge is 0.351 e. The van der Waals surface area contributed by atoms with Gasteiger partial charge in [0, 0.05) is 13.1 Å². The van der Waals surface area contributed by atoms with E-state index >= 15 is 0 Å². The molecule has 1 saturated heterocycles. The van der Waals surface area contributed by atoms with Crippen molar-refractivity contribution in [2.24, 2.45) is 5.73 Å². The van der Waals surface area contributed by atoms with Crippen LogP contribution in [-0.2, 0) is 0 Å². The molecule has 0 saturated carbocycles. The highest BCUT2D eigenvalue weighted by Crippen LogP contribution is 1.89. The zero-order chi connectivity index (χ0) is 9.40. The third-order valence-electron chi connectivity index (χ3n) is 1.11. The predicted octanol–water partition coefficient (Wildman–Crippen LogP) is -0.0277. The SMILES string of the molecule is C=CC.NC(=O)NN1CCCN1. The Kier molecular flexibility index (Phi) is 6.04. The van der Waals surface area contributed by atoms with Crippen LogP contribution in [0.3, 0.4) is 0 Å². The zero-order valence-corrected chi connectivity index (χ0v) is 7.34. The number of urea groups is 1. The second-order valence-electron chi connectivity index (χ2n) is 2.30. The maximum atomic E-state index is 10.2. The third kappa shape index (κ3) is 5.70. The summed E-state index contributed by atoms with van der Waals surface area (Å²) in [5.74, 6) is 0. The summed E-state index contributed by atoms with van der Waals surface area (Å²) in [6, 6.07) is -0.524. The fourth-order valence-electron chi connectivity index (χ4n) is 0.759. The van der Waals surface area contributed by atoms with Gasteiger partial charge in [-0.3, -0.25) is 5.43 Å². The summed E-state index contributed by atoms with van der Waals surface area (Å²) in [6.45, 7) is 6.98. The molecule has 0 aromatic heterocycles. The van der Waals surface area contributed by atoms with Gasteiger partial charge >= 0.3 is 6.03 Å². The average Bonchev–Trinajstić information content (AvgIpc) is 2.40. The van der Waals surface area contributed by atoms with E-state index in [1.54, 1.807) is 11.2 Å². The van der Waals surface area contributed by atoms with Crippen molar-refractivity contribution < 1.29 is 4.79 Å². The monoisotopic (exact) mass is 172 g/mol. The lowest BCUT2D eigenvalue weighted by Crippen LogP contribution is -2.48. The molecule has 1 aliphatic rings. The molecule has 1 aliphatic heterocycles. The summed E-state index contributed by atoms with van der Waals surface area (Å²) in [5.41, 5.74) is 10.2. The van der Waals surface area contributed by atoms with E-state index in [0.29, 0.717) is 0 Å². The number of hydrogen-bond donors (Lipinski definition) is 3. The third-order valence-corrected chi connectivity index (χ3v) is 1.11. The number of hydrazine groups is 2. The summed E-state index contributed by atoms with van der Waals surface area (Å²) >= 11 is 0. The first-order valence-corrected chi connectivity index (χ1v) is 3.85. The smallest absolute Gasteiger partial charge is 0.327 e.